The van der Waals surface area contributed by atoms with Gasteiger partial charge in [-0.25, -0.2) is 14.5 Å². The second-order valence-corrected chi connectivity index (χ2v) is 6.37. The summed E-state index contributed by atoms with van der Waals surface area (Å²) >= 11 is 0. The van der Waals surface area contributed by atoms with E-state index in [0.717, 1.165) is 24.0 Å². The van der Waals surface area contributed by atoms with E-state index in [4.69, 9.17) is 0 Å². The molecule has 0 N–H and O–H groups in total. The van der Waals surface area contributed by atoms with E-state index in [9.17, 15) is 4.79 Å². The average Bonchev–Trinajstić information content (AvgIpc) is 3.01. The zero-order chi connectivity index (χ0) is 16.7. The smallest absolute Gasteiger partial charge is 0.267 e. The highest BCUT2D eigenvalue weighted by molar-refractivity contribution is 5.77. The first-order chi connectivity index (χ1) is 11.7. The summed E-state index contributed by atoms with van der Waals surface area (Å²) in [6.45, 7) is 2.94. The van der Waals surface area contributed by atoms with Crippen molar-refractivity contribution in [3.8, 4) is 5.82 Å². The summed E-state index contributed by atoms with van der Waals surface area (Å²) in [5.41, 5.74) is 1.77. The van der Waals surface area contributed by atoms with Crippen molar-refractivity contribution >= 4 is 10.9 Å². The SMILES string of the molecule is Cc1nc2ccccc2c(=O)n1-c1ncccc1[C@@H]1CCCN1C. The molecule has 122 valence electrons. The molecule has 4 rings (SSSR count). The van der Waals surface area contributed by atoms with Crippen LogP contribution < -0.4 is 5.56 Å². The summed E-state index contributed by atoms with van der Waals surface area (Å²) in [7, 11) is 2.13. The molecule has 1 saturated heterocycles. The number of nitrogens with zero attached hydrogens (tertiary/aromatic N) is 4. The molecule has 1 aliphatic heterocycles. The first-order valence-electron chi connectivity index (χ1n) is 8.31. The molecule has 0 saturated carbocycles. The van der Waals surface area contributed by atoms with E-state index in [1.165, 1.54) is 6.42 Å². The molecule has 1 fully saturated rings. The zero-order valence-corrected chi connectivity index (χ0v) is 13.9. The number of aryl methyl sites for hydroxylation is 1. The molecule has 0 unspecified atom stereocenters. The Hall–Kier alpha value is -2.53. The van der Waals surface area contributed by atoms with E-state index in [1.54, 1.807) is 10.8 Å². The number of hydrogen-bond acceptors (Lipinski definition) is 4. The van der Waals surface area contributed by atoms with Gasteiger partial charge in [0.25, 0.3) is 5.56 Å². The van der Waals surface area contributed by atoms with Crippen molar-refractivity contribution in [2.24, 2.45) is 0 Å². The number of benzene rings is 1. The Balaban J connectivity index is 1.98. The van der Waals surface area contributed by atoms with Gasteiger partial charge in [-0.2, -0.15) is 0 Å². The van der Waals surface area contributed by atoms with E-state index in [0.29, 0.717) is 23.1 Å². The number of likely N-dealkylation sites (tertiary alicyclic amines) is 1. The van der Waals surface area contributed by atoms with E-state index in [1.807, 2.05) is 37.3 Å². The van der Waals surface area contributed by atoms with Crippen molar-refractivity contribution < 1.29 is 0 Å². The second-order valence-electron chi connectivity index (χ2n) is 6.37. The van der Waals surface area contributed by atoms with Crippen LogP contribution in [-0.2, 0) is 0 Å². The van der Waals surface area contributed by atoms with Crippen LogP contribution in [0.1, 0.15) is 30.3 Å². The lowest BCUT2D eigenvalue weighted by molar-refractivity contribution is 0.316. The van der Waals surface area contributed by atoms with Crippen LogP contribution in [0.25, 0.3) is 16.7 Å². The Labute approximate surface area is 140 Å². The van der Waals surface area contributed by atoms with Gasteiger partial charge in [-0.05, 0) is 51.6 Å². The largest absolute Gasteiger partial charge is 0.299 e. The number of rotatable bonds is 2. The maximum absolute atomic E-state index is 13.1. The first-order valence-corrected chi connectivity index (χ1v) is 8.31. The van der Waals surface area contributed by atoms with Gasteiger partial charge in [-0.15, -0.1) is 0 Å². The maximum atomic E-state index is 13.1. The zero-order valence-electron chi connectivity index (χ0n) is 13.9. The standard InChI is InChI=1S/C19H20N4O/c1-13-21-16-9-4-3-7-14(16)19(24)23(13)18-15(8-5-11-20-18)17-10-6-12-22(17)2/h3-5,7-9,11,17H,6,10,12H2,1-2H3/t17-/m0/s1. The lowest BCUT2D eigenvalue weighted by Gasteiger charge is -2.23. The second kappa shape index (κ2) is 5.83. The topological polar surface area (TPSA) is 51.0 Å². The van der Waals surface area contributed by atoms with Crippen molar-refractivity contribution in [1.29, 1.82) is 0 Å². The molecule has 24 heavy (non-hydrogen) atoms. The van der Waals surface area contributed by atoms with Crippen molar-refractivity contribution in [2.45, 2.75) is 25.8 Å². The van der Waals surface area contributed by atoms with Gasteiger partial charge in [0.05, 0.1) is 10.9 Å². The molecule has 2 aromatic heterocycles. The third kappa shape index (κ3) is 2.32. The fraction of sp³-hybridized carbons (Fsp3) is 0.316. The van der Waals surface area contributed by atoms with Gasteiger partial charge in [0.1, 0.15) is 11.6 Å². The molecule has 1 aliphatic rings. The van der Waals surface area contributed by atoms with Crippen LogP contribution in [0.5, 0.6) is 0 Å². The maximum Gasteiger partial charge on any atom is 0.267 e. The van der Waals surface area contributed by atoms with Crippen molar-refractivity contribution in [2.75, 3.05) is 13.6 Å². The third-order valence-electron chi connectivity index (χ3n) is 4.85. The molecule has 1 atom stereocenters. The number of para-hydroxylation sites is 1. The molecule has 3 heterocycles. The molecule has 1 aromatic carbocycles. The fourth-order valence-electron chi connectivity index (χ4n) is 3.65. The molecular formula is C19H20N4O. The van der Waals surface area contributed by atoms with Gasteiger partial charge in [-0.3, -0.25) is 9.69 Å². The van der Waals surface area contributed by atoms with Crippen LogP contribution in [0.15, 0.2) is 47.4 Å². The quantitative estimate of drug-likeness (QED) is 0.728. The summed E-state index contributed by atoms with van der Waals surface area (Å²) in [6.07, 6.45) is 4.00. The molecule has 0 amide bonds. The van der Waals surface area contributed by atoms with Gasteiger partial charge in [0.2, 0.25) is 0 Å². The molecular weight excluding hydrogens is 300 g/mol. The number of hydrogen-bond donors (Lipinski definition) is 0. The van der Waals surface area contributed by atoms with E-state index >= 15 is 0 Å². The summed E-state index contributed by atoms with van der Waals surface area (Å²) in [5, 5.41) is 0.625. The van der Waals surface area contributed by atoms with Gasteiger partial charge in [0.15, 0.2) is 0 Å². The van der Waals surface area contributed by atoms with Crippen molar-refractivity contribution in [1.82, 2.24) is 19.4 Å². The van der Waals surface area contributed by atoms with E-state index in [2.05, 4.69) is 28.0 Å². The molecule has 0 bridgehead atoms. The lowest BCUT2D eigenvalue weighted by atomic mass is 10.1. The molecule has 5 nitrogen and oxygen atoms in total. The Morgan fingerprint density at radius 1 is 1.17 bits per heavy atom. The van der Waals surface area contributed by atoms with Crippen LogP contribution in [0.3, 0.4) is 0 Å². The summed E-state index contributed by atoms with van der Waals surface area (Å²) in [6, 6.07) is 11.8. The summed E-state index contributed by atoms with van der Waals surface area (Å²) in [4.78, 5) is 24.6. The minimum atomic E-state index is -0.0568. The molecule has 3 aromatic rings. The van der Waals surface area contributed by atoms with E-state index < -0.39 is 0 Å². The number of pyridine rings is 1. The van der Waals surface area contributed by atoms with Crippen molar-refractivity contribution in [3.63, 3.8) is 0 Å². The van der Waals surface area contributed by atoms with Crippen LogP contribution in [0.2, 0.25) is 0 Å². The van der Waals surface area contributed by atoms with Crippen molar-refractivity contribution in [3.05, 3.63) is 64.3 Å². The molecule has 0 radical (unpaired) electrons. The Morgan fingerprint density at radius 3 is 2.79 bits per heavy atom. The van der Waals surface area contributed by atoms with Gasteiger partial charge in [0, 0.05) is 17.8 Å². The fourth-order valence-corrected chi connectivity index (χ4v) is 3.65. The van der Waals surface area contributed by atoms with Crippen LogP contribution in [0.4, 0.5) is 0 Å². The Kier molecular flexibility index (Phi) is 3.65. The Bertz CT molecular complexity index is 963. The normalized spacial score (nSPS) is 18.3. The summed E-state index contributed by atoms with van der Waals surface area (Å²) < 4.78 is 1.66. The van der Waals surface area contributed by atoms with Crippen LogP contribution >= 0.6 is 0 Å². The molecule has 0 aliphatic carbocycles. The Morgan fingerprint density at radius 2 is 2.00 bits per heavy atom. The van der Waals surface area contributed by atoms with Crippen LogP contribution in [0, 0.1) is 6.92 Å². The molecule has 0 spiro atoms. The minimum absolute atomic E-state index is 0.0568. The first kappa shape index (κ1) is 15.0. The highest BCUT2D eigenvalue weighted by Gasteiger charge is 2.26. The highest BCUT2D eigenvalue weighted by Crippen LogP contribution is 2.33. The average molecular weight is 320 g/mol. The number of aromatic nitrogens is 3. The van der Waals surface area contributed by atoms with Gasteiger partial charge >= 0.3 is 0 Å². The van der Waals surface area contributed by atoms with E-state index in [-0.39, 0.29) is 5.56 Å². The monoisotopic (exact) mass is 320 g/mol. The highest BCUT2D eigenvalue weighted by atomic mass is 16.1. The van der Waals surface area contributed by atoms with Gasteiger partial charge in [-0.1, -0.05) is 18.2 Å². The van der Waals surface area contributed by atoms with Crippen LogP contribution in [-0.4, -0.2) is 33.0 Å². The third-order valence-corrected chi connectivity index (χ3v) is 4.85. The predicted octanol–water partition coefficient (Wildman–Crippen LogP) is 2.86. The molecule has 5 heteroatoms. The minimum Gasteiger partial charge on any atom is -0.299 e. The summed E-state index contributed by atoms with van der Waals surface area (Å²) in [5.74, 6) is 1.37. The number of fused-ring (bicyclic) bond motifs is 1. The van der Waals surface area contributed by atoms with Gasteiger partial charge < -0.3 is 0 Å². The predicted molar refractivity (Wildman–Crippen MR) is 94.5 cm³/mol. The lowest BCUT2D eigenvalue weighted by Crippen LogP contribution is -2.26.